The molecule has 7 heteroatoms. The topological polar surface area (TPSA) is 75.9 Å². The Morgan fingerprint density at radius 1 is 1.29 bits per heavy atom. The summed E-state index contributed by atoms with van der Waals surface area (Å²) in [5, 5.41) is 0. The highest BCUT2D eigenvalue weighted by atomic mass is 32.2. The van der Waals surface area contributed by atoms with Crippen LogP contribution >= 0.6 is 0 Å². The lowest BCUT2D eigenvalue weighted by molar-refractivity contribution is 0.0831. The van der Waals surface area contributed by atoms with Gasteiger partial charge in [0.05, 0.1) is 4.90 Å². The first kappa shape index (κ1) is 19.2. The average molecular weight is 356 g/mol. The van der Waals surface area contributed by atoms with Gasteiger partial charge in [-0.25, -0.2) is 12.7 Å². The van der Waals surface area contributed by atoms with Crippen molar-refractivity contribution in [2.45, 2.75) is 31.2 Å². The van der Waals surface area contributed by atoms with Crippen LogP contribution in [0.5, 0.6) is 5.75 Å². The quantitative estimate of drug-likeness (QED) is 0.834. The first-order valence-corrected chi connectivity index (χ1v) is 9.70. The van der Waals surface area contributed by atoms with E-state index in [0.29, 0.717) is 12.4 Å². The normalized spacial score (nSPS) is 21.8. The van der Waals surface area contributed by atoms with Gasteiger partial charge in [-0.2, -0.15) is 0 Å². The van der Waals surface area contributed by atoms with Gasteiger partial charge in [-0.15, -0.1) is 0 Å². The summed E-state index contributed by atoms with van der Waals surface area (Å²) in [7, 11) is -0.353. The summed E-state index contributed by atoms with van der Waals surface area (Å²) in [5.74, 6) is 0.681. The predicted molar refractivity (Wildman–Crippen MR) is 95.6 cm³/mol. The molecule has 0 saturated carbocycles. The van der Waals surface area contributed by atoms with Gasteiger partial charge in [0.25, 0.3) is 0 Å². The van der Waals surface area contributed by atoms with Crippen molar-refractivity contribution in [1.82, 2.24) is 9.21 Å². The lowest BCUT2D eigenvalue weighted by atomic mass is 9.80. The molecule has 0 bridgehead atoms. The zero-order valence-corrected chi connectivity index (χ0v) is 15.8. The molecule has 2 N–H and O–H groups in total. The molecule has 1 aliphatic rings. The van der Waals surface area contributed by atoms with E-state index >= 15 is 0 Å². The highest BCUT2D eigenvalue weighted by Crippen LogP contribution is 2.27. The van der Waals surface area contributed by atoms with E-state index in [-0.39, 0.29) is 16.4 Å². The Labute approximate surface area is 145 Å². The van der Waals surface area contributed by atoms with Crippen molar-refractivity contribution in [3.8, 4) is 5.75 Å². The third kappa shape index (κ3) is 4.47. The molecule has 1 fully saturated rings. The highest BCUT2D eigenvalue weighted by molar-refractivity contribution is 7.89. The van der Waals surface area contributed by atoms with Crippen molar-refractivity contribution in [2.75, 3.05) is 40.3 Å². The van der Waals surface area contributed by atoms with Crippen molar-refractivity contribution in [3.05, 3.63) is 24.3 Å². The van der Waals surface area contributed by atoms with E-state index in [4.69, 9.17) is 10.5 Å². The Morgan fingerprint density at radius 3 is 2.46 bits per heavy atom. The highest BCUT2D eigenvalue weighted by Gasteiger charge is 2.33. The van der Waals surface area contributed by atoms with Crippen molar-refractivity contribution in [2.24, 2.45) is 11.1 Å². The van der Waals surface area contributed by atoms with Crippen LogP contribution in [0.1, 0.15) is 20.3 Å². The van der Waals surface area contributed by atoms with Crippen LogP contribution in [0.2, 0.25) is 0 Å². The first-order chi connectivity index (χ1) is 11.1. The molecule has 2 rings (SSSR count). The van der Waals surface area contributed by atoms with Crippen molar-refractivity contribution >= 4 is 10.0 Å². The van der Waals surface area contributed by atoms with Crippen LogP contribution in [0.4, 0.5) is 0 Å². The average Bonchev–Trinajstić information content (AvgIpc) is 2.51. The van der Waals surface area contributed by atoms with Gasteiger partial charge >= 0.3 is 0 Å². The van der Waals surface area contributed by atoms with Gasteiger partial charge in [0.1, 0.15) is 12.4 Å². The van der Waals surface area contributed by atoms with Gasteiger partial charge < -0.3 is 10.5 Å². The molecule has 1 unspecified atom stereocenters. The van der Waals surface area contributed by atoms with Gasteiger partial charge in [-0.3, -0.25) is 4.90 Å². The minimum atomic E-state index is -3.39. The molecule has 0 aliphatic carbocycles. The Morgan fingerprint density at radius 2 is 1.92 bits per heavy atom. The van der Waals surface area contributed by atoms with Gasteiger partial charge in [-0.1, -0.05) is 13.8 Å². The summed E-state index contributed by atoms with van der Waals surface area (Å²) in [6.07, 6.45) is 1.00. The minimum absolute atomic E-state index is 0.125. The smallest absolute Gasteiger partial charge is 0.242 e. The molecule has 0 amide bonds. The number of sulfonamides is 1. The van der Waals surface area contributed by atoms with Crippen LogP contribution < -0.4 is 10.5 Å². The summed E-state index contributed by atoms with van der Waals surface area (Å²) in [6.45, 7) is 7.79. The number of ether oxygens (including phenoxy) is 1. The van der Waals surface area contributed by atoms with Gasteiger partial charge in [0, 0.05) is 33.2 Å². The third-order valence-corrected chi connectivity index (χ3v) is 6.50. The number of piperidine rings is 1. The predicted octanol–water partition coefficient (Wildman–Crippen LogP) is 1.37. The maximum atomic E-state index is 12.0. The third-order valence-electron chi connectivity index (χ3n) is 4.67. The van der Waals surface area contributed by atoms with Gasteiger partial charge in [0.2, 0.25) is 10.0 Å². The van der Waals surface area contributed by atoms with Crippen LogP contribution in [-0.4, -0.2) is 64.0 Å². The second kappa shape index (κ2) is 7.39. The number of nitrogens with two attached hydrogens (primary N) is 1. The molecule has 1 aliphatic heterocycles. The molecular formula is C17H29N3O3S. The molecule has 1 aromatic rings. The molecular weight excluding hydrogens is 326 g/mol. The Hall–Kier alpha value is -1.15. The number of nitrogens with zero attached hydrogens (tertiary/aromatic N) is 2. The Kier molecular flexibility index (Phi) is 5.91. The number of benzene rings is 1. The number of hydrogen-bond acceptors (Lipinski definition) is 5. The second-order valence-electron chi connectivity index (χ2n) is 7.27. The zero-order valence-electron chi connectivity index (χ0n) is 15.0. The van der Waals surface area contributed by atoms with E-state index < -0.39 is 10.0 Å². The molecule has 0 radical (unpaired) electrons. The summed E-state index contributed by atoms with van der Waals surface area (Å²) in [5.41, 5.74) is 6.28. The first-order valence-electron chi connectivity index (χ1n) is 8.26. The van der Waals surface area contributed by atoms with Gasteiger partial charge in [-0.05, 0) is 42.6 Å². The summed E-state index contributed by atoms with van der Waals surface area (Å²) in [4.78, 5) is 2.64. The lowest BCUT2D eigenvalue weighted by Crippen LogP contribution is -2.53. The largest absolute Gasteiger partial charge is 0.492 e. The van der Waals surface area contributed by atoms with E-state index in [1.807, 2.05) is 0 Å². The molecule has 24 heavy (non-hydrogen) atoms. The SMILES string of the molecule is CN(C)S(=O)(=O)c1ccc(OCCN2CCC(N)C(C)(C)C2)cc1. The summed E-state index contributed by atoms with van der Waals surface area (Å²) in [6, 6.07) is 6.81. The molecule has 1 heterocycles. The fourth-order valence-corrected chi connectivity index (χ4v) is 3.79. The second-order valence-corrected chi connectivity index (χ2v) is 9.42. The van der Waals surface area contributed by atoms with Crippen molar-refractivity contribution in [1.29, 1.82) is 0 Å². The molecule has 136 valence electrons. The van der Waals surface area contributed by atoms with Crippen LogP contribution in [0, 0.1) is 5.41 Å². The van der Waals surface area contributed by atoms with Crippen LogP contribution in [-0.2, 0) is 10.0 Å². The monoisotopic (exact) mass is 355 g/mol. The Bertz CT molecular complexity index is 642. The van der Waals surface area contributed by atoms with Crippen LogP contribution in [0.25, 0.3) is 0 Å². The molecule has 6 nitrogen and oxygen atoms in total. The standard InChI is InChI=1S/C17H29N3O3S/c1-17(2)13-20(10-9-16(17)18)11-12-23-14-5-7-15(8-6-14)24(21,22)19(3)4/h5-8,16H,9-13,18H2,1-4H3. The summed E-state index contributed by atoms with van der Waals surface area (Å²) >= 11 is 0. The molecule has 1 aromatic carbocycles. The maximum Gasteiger partial charge on any atom is 0.242 e. The Balaban J connectivity index is 1.85. The lowest BCUT2D eigenvalue weighted by Gasteiger charge is -2.42. The molecule has 0 spiro atoms. The molecule has 1 atom stereocenters. The number of likely N-dealkylation sites (tertiary alicyclic amines) is 1. The van der Waals surface area contributed by atoms with Crippen LogP contribution in [0.3, 0.4) is 0 Å². The molecule has 0 aromatic heterocycles. The van der Waals surface area contributed by atoms with Crippen LogP contribution in [0.15, 0.2) is 29.2 Å². The van der Waals surface area contributed by atoms with Crippen molar-refractivity contribution < 1.29 is 13.2 Å². The fourth-order valence-electron chi connectivity index (χ4n) is 2.89. The van der Waals surface area contributed by atoms with E-state index in [2.05, 4.69) is 18.7 Å². The van der Waals surface area contributed by atoms with E-state index in [1.165, 1.54) is 18.4 Å². The fraction of sp³-hybridized carbons (Fsp3) is 0.647. The number of hydrogen-bond donors (Lipinski definition) is 1. The molecule has 1 saturated heterocycles. The van der Waals surface area contributed by atoms with E-state index in [1.54, 1.807) is 24.3 Å². The van der Waals surface area contributed by atoms with Gasteiger partial charge in [0.15, 0.2) is 0 Å². The number of rotatable bonds is 6. The van der Waals surface area contributed by atoms with E-state index in [0.717, 1.165) is 26.1 Å². The maximum absolute atomic E-state index is 12.0. The zero-order chi connectivity index (χ0) is 18.0. The minimum Gasteiger partial charge on any atom is -0.492 e. The summed E-state index contributed by atoms with van der Waals surface area (Å²) < 4.78 is 31.0. The van der Waals surface area contributed by atoms with Crippen molar-refractivity contribution in [3.63, 3.8) is 0 Å². The van der Waals surface area contributed by atoms with E-state index in [9.17, 15) is 8.42 Å².